The smallest absolute Gasteiger partial charge is 0.0736 e. The molecule has 0 atom stereocenters. The van der Waals surface area contributed by atoms with Crippen molar-refractivity contribution in [2.45, 2.75) is 32.5 Å². The molecule has 0 saturated carbocycles. The number of methoxy groups -OCH3 is 1. The summed E-state index contributed by atoms with van der Waals surface area (Å²) >= 11 is 3.38. The predicted molar refractivity (Wildman–Crippen MR) is 73.9 cm³/mol. The first kappa shape index (κ1) is 14.5. The molecular weight excluding hydrogens is 282 g/mol. The van der Waals surface area contributed by atoms with E-state index in [9.17, 15) is 0 Å². The van der Waals surface area contributed by atoms with Crippen molar-refractivity contribution in [1.82, 2.24) is 0 Å². The van der Waals surface area contributed by atoms with E-state index in [0.29, 0.717) is 13.2 Å². The van der Waals surface area contributed by atoms with Crippen LogP contribution >= 0.6 is 15.9 Å². The van der Waals surface area contributed by atoms with Crippen molar-refractivity contribution in [3.05, 3.63) is 28.2 Å². The summed E-state index contributed by atoms with van der Waals surface area (Å²) in [4.78, 5) is 0. The zero-order valence-electron chi connectivity index (χ0n) is 10.6. The quantitative estimate of drug-likeness (QED) is 0.647. The van der Waals surface area contributed by atoms with E-state index in [1.807, 2.05) is 32.0 Å². The lowest BCUT2D eigenvalue weighted by Gasteiger charge is -2.22. The van der Waals surface area contributed by atoms with Crippen LogP contribution in [-0.4, -0.2) is 19.3 Å². The summed E-state index contributed by atoms with van der Waals surface area (Å²) in [7, 11) is 1.71. The first-order valence-corrected chi connectivity index (χ1v) is 6.41. The van der Waals surface area contributed by atoms with Gasteiger partial charge in [0.1, 0.15) is 0 Å². The van der Waals surface area contributed by atoms with Gasteiger partial charge in [-0.3, -0.25) is 0 Å². The van der Waals surface area contributed by atoms with Crippen LogP contribution in [0.15, 0.2) is 22.7 Å². The Morgan fingerprint density at radius 2 is 2.06 bits per heavy atom. The molecule has 0 aromatic heterocycles. The van der Waals surface area contributed by atoms with Crippen molar-refractivity contribution in [2.24, 2.45) is 0 Å². The molecule has 0 fully saturated rings. The number of anilines is 1. The second kappa shape index (κ2) is 6.38. The minimum absolute atomic E-state index is 0.134. The van der Waals surface area contributed by atoms with Gasteiger partial charge in [-0.1, -0.05) is 22.0 Å². The molecule has 0 spiro atoms. The highest BCUT2D eigenvalue weighted by atomic mass is 79.9. The molecule has 1 aromatic carbocycles. The fourth-order valence-corrected chi connectivity index (χ4v) is 1.68. The van der Waals surface area contributed by atoms with E-state index in [4.69, 9.17) is 15.2 Å². The van der Waals surface area contributed by atoms with E-state index in [0.717, 1.165) is 22.1 Å². The van der Waals surface area contributed by atoms with Gasteiger partial charge in [0.05, 0.1) is 12.2 Å². The van der Waals surface area contributed by atoms with Crippen molar-refractivity contribution in [1.29, 1.82) is 0 Å². The van der Waals surface area contributed by atoms with Gasteiger partial charge in [0.2, 0.25) is 0 Å². The molecule has 2 N–H and O–H groups in total. The third-order valence-corrected chi connectivity index (χ3v) is 3.26. The van der Waals surface area contributed by atoms with Crippen molar-refractivity contribution < 1.29 is 9.47 Å². The van der Waals surface area contributed by atoms with E-state index < -0.39 is 0 Å². The standard InChI is InChI=1S/C13H20BrNO2/c1-13(2,16-3)6-7-17-9-10-4-5-11(14)8-12(10)15/h4-5,8H,6-7,9,15H2,1-3H3. The molecule has 0 heterocycles. The van der Waals surface area contributed by atoms with E-state index in [1.165, 1.54) is 0 Å². The van der Waals surface area contributed by atoms with Crippen LogP contribution in [-0.2, 0) is 16.1 Å². The third kappa shape index (κ3) is 5.06. The highest BCUT2D eigenvalue weighted by molar-refractivity contribution is 9.10. The molecule has 0 saturated heterocycles. The molecule has 0 radical (unpaired) electrons. The van der Waals surface area contributed by atoms with Gasteiger partial charge in [-0.25, -0.2) is 0 Å². The van der Waals surface area contributed by atoms with Crippen LogP contribution in [0, 0.1) is 0 Å². The molecule has 1 aromatic rings. The summed E-state index contributed by atoms with van der Waals surface area (Å²) in [6, 6.07) is 5.83. The Morgan fingerprint density at radius 1 is 1.35 bits per heavy atom. The molecule has 3 nitrogen and oxygen atoms in total. The third-order valence-electron chi connectivity index (χ3n) is 2.77. The number of rotatable bonds is 6. The largest absolute Gasteiger partial charge is 0.398 e. The highest BCUT2D eigenvalue weighted by Gasteiger charge is 2.15. The van der Waals surface area contributed by atoms with Gasteiger partial charge in [-0.2, -0.15) is 0 Å². The number of ether oxygens (including phenoxy) is 2. The van der Waals surface area contributed by atoms with Crippen LogP contribution in [0.3, 0.4) is 0 Å². The van der Waals surface area contributed by atoms with E-state index in [1.54, 1.807) is 7.11 Å². The normalized spacial score (nSPS) is 11.8. The van der Waals surface area contributed by atoms with E-state index in [2.05, 4.69) is 15.9 Å². The number of benzene rings is 1. The number of hydrogen-bond acceptors (Lipinski definition) is 3. The average molecular weight is 302 g/mol. The maximum Gasteiger partial charge on any atom is 0.0736 e. The van der Waals surface area contributed by atoms with E-state index in [-0.39, 0.29) is 5.60 Å². The van der Waals surface area contributed by atoms with Crippen LogP contribution in [0.5, 0.6) is 0 Å². The summed E-state index contributed by atoms with van der Waals surface area (Å²) in [5.41, 5.74) is 7.52. The maximum atomic E-state index is 5.88. The molecular formula is C13H20BrNO2. The fourth-order valence-electron chi connectivity index (χ4n) is 1.30. The van der Waals surface area contributed by atoms with Gasteiger partial charge < -0.3 is 15.2 Å². The van der Waals surface area contributed by atoms with Crippen LogP contribution in [0.4, 0.5) is 5.69 Å². The highest BCUT2D eigenvalue weighted by Crippen LogP contribution is 2.20. The summed E-state index contributed by atoms with van der Waals surface area (Å²) in [5.74, 6) is 0. The zero-order chi connectivity index (χ0) is 12.9. The Hall–Kier alpha value is -0.580. The van der Waals surface area contributed by atoms with Gasteiger partial charge in [0.25, 0.3) is 0 Å². The first-order valence-electron chi connectivity index (χ1n) is 5.61. The molecule has 1 rings (SSSR count). The minimum atomic E-state index is -0.134. The summed E-state index contributed by atoms with van der Waals surface area (Å²) in [6.07, 6.45) is 0.861. The van der Waals surface area contributed by atoms with Crippen LogP contribution in [0.25, 0.3) is 0 Å². The Balaban J connectivity index is 2.36. The topological polar surface area (TPSA) is 44.5 Å². The monoisotopic (exact) mass is 301 g/mol. The first-order chi connectivity index (χ1) is 7.94. The van der Waals surface area contributed by atoms with Gasteiger partial charge in [0.15, 0.2) is 0 Å². The fraction of sp³-hybridized carbons (Fsp3) is 0.538. The minimum Gasteiger partial charge on any atom is -0.398 e. The second-order valence-electron chi connectivity index (χ2n) is 4.61. The average Bonchev–Trinajstić information content (AvgIpc) is 2.27. The summed E-state index contributed by atoms with van der Waals surface area (Å²) in [5, 5.41) is 0. The van der Waals surface area contributed by atoms with Crippen LogP contribution in [0.2, 0.25) is 0 Å². The predicted octanol–water partition coefficient (Wildman–Crippen LogP) is 3.36. The molecule has 4 heteroatoms. The molecule has 0 aliphatic carbocycles. The molecule has 0 bridgehead atoms. The SMILES string of the molecule is COC(C)(C)CCOCc1ccc(Br)cc1N. The molecule has 0 amide bonds. The van der Waals surface area contributed by atoms with Crippen LogP contribution < -0.4 is 5.73 Å². The molecule has 0 aliphatic rings. The van der Waals surface area contributed by atoms with Crippen molar-refractivity contribution >= 4 is 21.6 Å². The van der Waals surface area contributed by atoms with Gasteiger partial charge in [-0.15, -0.1) is 0 Å². The van der Waals surface area contributed by atoms with Crippen molar-refractivity contribution in [3.63, 3.8) is 0 Å². The lowest BCUT2D eigenvalue weighted by atomic mass is 10.1. The van der Waals surface area contributed by atoms with Crippen molar-refractivity contribution in [3.8, 4) is 0 Å². The second-order valence-corrected chi connectivity index (χ2v) is 5.53. The number of nitrogens with two attached hydrogens (primary N) is 1. The van der Waals surface area contributed by atoms with Gasteiger partial charge in [0, 0.05) is 29.4 Å². The number of hydrogen-bond donors (Lipinski definition) is 1. The Labute approximate surface area is 111 Å². The molecule has 0 aliphatic heterocycles. The maximum absolute atomic E-state index is 5.88. The Kier molecular flexibility index (Phi) is 5.43. The van der Waals surface area contributed by atoms with Crippen molar-refractivity contribution in [2.75, 3.05) is 19.5 Å². The summed E-state index contributed by atoms with van der Waals surface area (Å²) < 4.78 is 11.9. The molecule has 96 valence electrons. The lowest BCUT2D eigenvalue weighted by Crippen LogP contribution is -2.24. The number of halogens is 1. The summed E-state index contributed by atoms with van der Waals surface area (Å²) in [6.45, 7) is 5.30. The Morgan fingerprint density at radius 3 is 2.65 bits per heavy atom. The van der Waals surface area contributed by atoms with Gasteiger partial charge in [-0.05, 0) is 32.4 Å². The lowest BCUT2D eigenvalue weighted by molar-refractivity contribution is -0.0123. The number of nitrogen functional groups attached to an aromatic ring is 1. The molecule has 0 unspecified atom stereocenters. The zero-order valence-corrected chi connectivity index (χ0v) is 12.2. The van der Waals surface area contributed by atoms with Crippen LogP contribution in [0.1, 0.15) is 25.8 Å². The van der Waals surface area contributed by atoms with E-state index >= 15 is 0 Å². The molecule has 17 heavy (non-hydrogen) atoms. The Bertz CT molecular complexity index is 366. The van der Waals surface area contributed by atoms with Gasteiger partial charge >= 0.3 is 0 Å².